The molecule has 3 aromatic carbocycles. The van der Waals surface area contributed by atoms with E-state index in [9.17, 15) is 14.7 Å². The molecule has 0 bridgehead atoms. The highest BCUT2D eigenvalue weighted by Gasteiger charge is 2.48. The Balaban J connectivity index is 1.41. The van der Waals surface area contributed by atoms with Crippen molar-refractivity contribution in [2.45, 2.75) is 30.1 Å². The molecule has 0 spiro atoms. The van der Waals surface area contributed by atoms with Crippen molar-refractivity contribution in [3.05, 3.63) is 160 Å². The third kappa shape index (κ3) is 4.60. The molecule has 5 aromatic rings. The molecule has 4 atom stereocenters. The average molecular weight is 537 g/mol. The molecule has 40 heavy (non-hydrogen) atoms. The first-order valence-electron chi connectivity index (χ1n) is 13.0. The number of ether oxygens (including phenoxy) is 2. The van der Waals surface area contributed by atoms with Crippen LogP contribution in [0.25, 0.3) is 0 Å². The van der Waals surface area contributed by atoms with Crippen molar-refractivity contribution in [2.24, 2.45) is 0 Å². The maximum atomic E-state index is 12.7. The maximum absolute atomic E-state index is 12.7. The lowest BCUT2D eigenvalue weighted by atomic mass is 9.80. The number of imidazole rings is 1. The molecule has 6 rings (SSSR count). The van der Waals surface area contributed by atoms with Gasteiger partial charge in [-0.1, -0.05) is 91.0 Å². The first-order valence-corrected chi connectivity index (χ1v) is 13.0. The monoisotopic (exact) mass is 536 g/mol. The lowest BCUT2D eigenvalue weighted by molar-refractivity contribution is -0.0948. The van der Waals surface area contributed by atoms with E-state index in [2.05, 4.69) is 9.97 Å². The number of rotatable bonds is 8. The number of aliphatic hydroxyl groups is 1. The van der Waals surface area contributed by atoms with E-state index in [4.69, 9.17) is 9.47 Å². The molecule has 0 unspecified atom stereocenters. The van der Waals surface area contributed by atoms with Crippen LogP contribution in [0.5, 0.6) is 0 Å². The van der Waals surface area contributed by atoms with Gasteiger partial charge in [-0.15, -0.1) is 0 Å². The summed E-state index contributed by atoms with van der Waals surface area (Å²) < 4.78 is 16.2. The van der Waals surface area contributed by atoms with Gasteiger partial charge in [-0.2, -0.15) is 0 Å². The van der Waals surface area contributed by atoms with Crippen molar-refractivity contribution < 1.29 is 14.6 Å². The van der Waals surface area contributed by atoms with Gasteiger partial charge in [0.05, 0.1) is 12.9 Å². The first kappa shape index (κ1) is 25.7. The molecule has 9 nitrogen and oxygen atoms in total. The van der Waals surface area contributed by atoms with Gasteiger partial charge in [0.2, 0.25) is 0 Å². The molecule has 0 radical (unpaired) electrons. The fourth-order valence-electron chi connectivity index (χ4n) is 5.47. The quantitative estimate of drug-likeness (QED) is 0.295. The van der Waals surface area contributed by atoms with Gasteiger partial charge >= 0.3 is 5.69 Å². The van der Waals surface area contributed by atoms with E-state index in [0.717, 1.165) is 16.7 Å². The van der Waals surface area contributed by atoms with E-state index in [-0.39, 0.29) is 6.61 Å². The van der Waals surface area contributed by atoms with Crippen molar-refractivity contribution >= 4 is 0 Å². The van der Waals surface area contributed by atoms with Crippen molar-refractivity contribution in [1.82, 2.24) is 19.1 Å². The van der Waals surface area contributed by atoms with Gasteiger partial charge in [-0.05, 0) is 16.7 Å². The molecule has 1 saturated heterocycles. The fourth-order valence-corrected chi connectivity index (χ4v) is 5.47. The first-order chi connectivity index (χ1) is 19.6. The largest absolute Gasteiger partial charge is 0.388 e. The molecule has 2 aromatic heterocycles. The molecular formula is C31H28N4O5. The highest BCUT2D eigenvalue weighted by Crippen LogP contribution is 2.43. The second-order valence-electron chi connectivity index (χ2n) is 9.66. The Morgan fingerprint density at radius 2 is 1.43 bits per heavy atom. The standard InChI is InChI=1S/C31H28N4O5/c36-26-16-18-35(30(38)33-26)29-27(34-19-17-32-21-34)28(37)25(40-29)20-39-31(22-10-4-1-5-11-22,23-12-6-2-7-13-23)24-14-8-3-9-15-24/h1-19,21,25,27-29,37H,20H2,(H,33,36,38)/t25-,27-,28+,29-/m1/s1. The van der Waals surface area contributed by atoms with Crippen LogP contribution in [0.2, 0.25) is 0 Å². The van der Waals surface area contributed by atoms with Gasteiger partial charge in [0, 0.05) is 24.7 Å². The molecule has 0 amide bonds. The molecule has 202 valence electrons. The Kier molecular flexibility index (Phi) is 7.00. The fraction of sp³-hybridized carbons (Fsp3) is 0.194. The predicted molar refractivity (Wildman–Crippen MR) is 148 cm³/mol. The summed E-state index contributed by atoms with van der Waals surface area (Å²) in [5.74, 6) is 0. The number of hydrogen-bond acceptors (Lipinski definition) is 6. The molecule has 1 aliphatic heterocycles. The van der Waals surface area contributed by atoms with Gasteiger partial charge in [-0.3, -0.25) is 14.3 Å². The third-order valence-corrected chi connectivity index (χ3v) is 7.34. The average Bonchev–Trinajstić information content (AvgIpc) is 3.63. The Bertz CT molecular complexity index is 1560. The summed E-state index contributed by atoms with van der Waals surface area (Å²) in [6, 6.07) is 30.3. The third-order valence-electron chi connectivity index (χ3n) is 7.34. The summed E-state index contributed by atoms with van der Waals surface area (Å²) in [6.45, 7) is -0.000347. The van der Waals surface area contributed by atoms with Crippen LogP contribution in [0.1, 0.15) is 29.0 Å². The lowest BCUT2D eigenvalue weighted by Gasteiger charge is -2.37. The van der Waals surface area contributed by atoms with E-state index in [1.54, 1.807) is 23.3 Å². The smallest absolute Gasteiger partial charge is 0.330 e. The minimum absolute atomic E-state index is 0.000347. The summed E-state index contributed by atoms with van der Waals surface area (Å²) >= 11 is 0. The van der Waals surface area contributed by atoms with E-state index in [1.807, 2.05) is 91.0 Å². The molecule has 9 heteroatoms. The molecule has 2 N–H and O–H groups in total. The second kappa shape index (κ2) is 10.9. The number of aromatic amines is 1. The number of nitrogens with one attached hydrogen (secondary N) is 1. The van der Waals surface area contributed by atoms with Crippen molar-refractivity contribution in [3.63, 3.8) is 0 Å². The van der Waals surface area contributed by atoms with E-state index >= 15 is 0 Å². The normalized spacial score (nSPS) is 20.9. The molecule has 3 heterocycles. The Morgan fingerprint density at radius 3 is 1.93 bits per heavy atom. The van der Waals surface area contributed by atoms with E-state index in [1.165, 1.54) is 16.8 Å². The molecular weight excluding hydrogens is 508 g/mol. The SMILES string of the molecule is O=c1ccn([C@@H]2O[C@H](COC(c3ccccc3)(c3ccccc3)c3ccccc3)[C@H](O)[C@H]2n2ccnc2)c(=O)[nH]1. The number of aromatic nitrogens is 4. The van der Waals surface area contributed by atoms with E-state index in [0.29, 0.717) is 0 Å². The van der Waals surface area contributed by atoms with E-state index < -0.39 is 41.3 Å². The van der Waals surface area contributed by atoms with Crippen LogP contribution in [0.3, 0.4) is 0 Å². The number of nitrogens with zero attached hydrogens (tertiary/aromatic N) is 3. The summed E-state index contributed by atoms with van der Waals surface area (Å²) in [5, 5.41) is 11.6. The lowest BCUT2D eigenvalue weighted by Crippen LogP contribution is -2.39. The van der Waals surface area contributed by atoms with Gasteiger partial charge in [0.25, 0.3) is 5.56 Å². The van der Waals surface area contributed by atoms with Gasteiger partial charge in [0.1, 0.15) is 23.9 Å². The zero-order chi connectivity index (χ0) is 27.5. The number of benzene rings is 3. The highest BCUT2D eigenvalue weighted by molar-refractivity contribution is 5.47. The van der Waals surface area contributed by atoms with Crippen molar-refractivity contribution in [1.29, 1.82) is 0 Å². The zero-order valence-corrected chi connectivity index (χ0v) is 21.5. The van der Waals surface area contributed by atoms with Crippen LogP contribution in [0.4, 0.5) is 0 Å². The number of hydrogen-bond donors (Lipinski definition) is 2. The van der Waals surface area contributed by atoms with Crippen LogP contribution >= 0.6 is 0 Å². The van der Waals surface area contributed by atoms with Crippen molar-refractivity contribution in [3.8, 4) is 0 Å². The summed E-state index contributed by atoms with van der Waals surface area (Å²) in [5.41, 5.74) is 0.587. The van der Waals surface area contributed by atoms with Crippen molar-refractivity contribution in [2.75, 3.05) is 6.61 Å². The van der Waals surface area contributed by atoms with Gasteiger partial charge < -0.3 is 19.1 Å². The number of aliphatic hydroxyl groups excluding tert-OH is 1. The van der Waals surface area contributed by atoms with Crippen LogP contribution in [-0.2, 0) is 15.1 Å². The minimum atomic E-state index is -1.06. The van der Waals surface area contributed by atoms with Crippen LogP contribution in [0, 0.1) is 0 Å². The molecule has 0 saturated carbocycles. The second-order valence-corrected chi connectivity index (χ2v) is 9.66. The maximum Gasteiger partial charge on any atom is 0.330 e. The van der Waals surface area contributed by atoms with Gasteiger partial charge in [0.15, 0.2) is 6.23 Å². The zero-order valence-electron chi connectivity index (χ0n) is 21.5. The minimum Gasteiger partial charge on any atom is -0.388 e. The molecule has 1 fully saturated rings. The van der Waals surface area contributed by atoms with Crippen LogP contribution < -0.4 is 11.2 Å². The summed E-state index contributed by atoms with van der Waals surface area (Å²) in [6.07, 6.45) is 3.44. The van der Waals surface area contributed by atoms with Crippen LogP contribution in [-0.4, -0.2) is 43.0 Å². The van der Waals surface area contributed by atoms with Crippen LogP contribution in [0.15, 0.2) is 132 Å². The highest BCUT2D eigenvalue weighted by atomic mass is 16.6. The summed E-state index contributed by atoms with van der Waals surface area (Å²) in [7, 11) is 0. The molecule has 0 aliphatic carbocycles. The Hall–Kier alpha value is -4.57. The topological polar surface area (TPSA) is 111 Å². The predicted octanol–water partition coefficient (Wildman–Crippen LogP) is 3.24. The van der Waals surface area contributed by atoms with Gasteiger partial charge in [-0.25, -0.2) is 9.78 Å². The molecule has 1 aliphatic rings. The Labute approximate surface area is 229 Å². The number of H-pyrrole nitrogens is 1. The summed E-state index contributed by atoms with van der Waals surface area (Å²) in [4.78, 5) is 30.8. The Morgan fingerprint density at radius 1 is 0.850 bits per heavy atom.